The maximum absolute atomic E-state index is 5.04. The maximum Gasteiger partial charge on any atom is 0.179 e. The average molecular weight is 1090 g/mol. The van der Waals surface area contributed by atoms with Crippen LogP contribution in [0.5, 0.6) is 0 Å². The molecule has 3 nitrogen and oxygen atoms in total. The van der Waals surface area contributed by atoms with E-state index in [9.17, 15) is 0 Å². The molecule has 0 spiro atoms. The topological polar surface area (TPSA) is 30.7 Å². The fraction of sp³-hybridized carbons (Fsp3) is 0. The van der Waals surface area contributed by atoms with Gasteiger partial charge in [0.25, 0.3) is 0 Å². The van der Waals surface area contributed by atoms with E-state index in [0.717, 1.165) is 27.2 Å². The van der Waals surface area contributed by atoms with Gasteiger partial charge < -0.3 is 4.57 Å². The second-order valence-corrected chi connectivity index (χ2v) is 30.2. The summed E-state index contributed by atoms with van der Waals surface area (Å²) in [6, 6.07) is 114. The highest BCUT2D eigenvalue weighted by molar-refractivity contribution is 7.26. The molecule has 0 atom stereocenters. The van der Waals surface area contributed by atoms with Crippen LogP contribution in [0.3, 0.4) is 0 Å². The summed E-state index contributed by atoms with van der Waals surface area (Å²) in [6.07, 6.45) is 1.74. The van der Waals surface area contributed by atoms with E-state index in [-0.39, 0.29) is 0 Å². The van der Waals surface area contributed by atoms with E-state index in [0.29, 0.717) is 0 Å². The van der Waals surface area contributed by atoms with Crippen molar-refractivity contribution < 1.29 is 0 Å². The van der Waals surface area contributed by atoms with E-state index in [1.807, 2.05) is 0 Å². The minimum Gasteiger partial charge on any atom is -0.309 e. The number of thiophene rings is 1. The predicted molar refractivity (Wildman–Crippen MR) is 354 cm³/mol. The quantitative estimate of drug-likeness (QED) is 0.0776. The molecule has 0 saturated heterocycles. The first kappa shape index (κ1) is 48.1. The zero-order chi connectivity index (χ0) is 54.2. The van der Waals surface area contributed by atoms with E-state index in [2.05, 4.69) is 308 Å². The lowest BCUT2D eigenvalue weighted by Gasteiger charge is -2.35. The van der Waals surface area contributed by atoms with Crippen LogP contribution in [0.15, 0.2) is 310 Å². The lowest BCUT2D eigenvalue weighted by Crippen LogP contribution is -2.74. The molecule has 0 amide bonds. The smallest absolute Gasteiger partial charge is 0.179 e. The lowest BCUT2D eigenvalue weighted by molar-refractivity contribution is 1.18. The van der Waals surface area contributed by atoms with Crippen LogP contribution >= 0.6 is 11.3 Å². The van der Waals surface area contributed by atoms with Gasteiger partial charge in [-0.2, -0.15) is 0 Å². The van der Waals surface area contributed by atoms with E-state index < -0.39 is 16.1 Å². The van der Waals surface area contributed by atoms with Crippen molar-refractivity contribution in [1.29, 1.82) is 0 Å². The number of hydrogen-bond acceptors (Lipinski definition) is 3. The average Bonchev–Trinajstić information content (AvgIpc) is 3.35. The van der Waals surface area contributed by atoms with Crippen LogP contribution in [0, 0.1) is 0 Å². The van der Waals surface area contributed by atoms with Crippen LogP contribution in [0.25, 0.3) is 91.4 Å². The van der Waals surface area contributed by atoms with Crippen molar-refractivity contribution in [3.8, 4) is 16.9 Å². The van der Waals surface area contributed by atoms with Gasteiger partial charge in [-0.3, -0.25) is 0 Å². The molecule has 13 aromatic carbocycles. The second-order valence-electron chi connectivity index (χ2n) is 21.5. The molecule has 16 aromatic rings. The highest BCUT2D eigenvalue weighted by Crippen LogP contribution is 2.39. The largest absolute Gasteiger partial charge is 0.309 e. The molecule has 16 rings (SSSR count). The number of aromatic nitrogens is 3. The van der Waals surface area contributed by atoms with Crippen molar-refractivity contribution in [3.05, 3.63) is 310 Å². The van der Waals surface area contributed by atoms with Gasteiger partial charge in [-0.1, -0.05) is 273 Å². The summed E-state index contributed by atoms with van der Waals surface area (Å²) >= 11 is 1.78. The Morgan fingerprint density at radius 3 is 1.21 bits per heavy atom. The van der Waals surface area contributed by atoms with Gasteiger partial charge in [0.2, 0.25) is 0 Å². The third kappa shape index (κ3) is 7.32. The molecule has 3 aromatic heterocycles. The van der Waals surface area contributed by atoms with Gasteiger partial charge in [0, 0.05) is 32.1 Å². The van der Waals surface area contributed by atoms with Crippen LogP contribution in [-0.4, -0.2) is 30.7 Å². The van der Waals surface area contributed by atoms with Crippen molar-refractivity contribution in [3.63, 3.8) is 0 Å². The van der Waals surface area contributed by atoms with E-state index >= 15 is 0 Å². The van der Waals surface area contributed by atoms with Gasteiger partial charge in [-0.05, 0) is 104 Å². The van der Waals surface area contributed by atoms with Gasteiger partial charge in [0.05, 0.1) is 26.9 Å². The number of para-hydroxylation sites is 2. The summed E-state index contributed by atoms with van der Waals surface area (Å²) in [7, 11) is -6.14. The third-order valence-electron chi connectivity index (χ3n) is 17.4. The number of nitrogens with zero attached hydrogens (tertiary/aromatic N) is 3. The molecule has 0 unspecified atom stereocenters. The molecule has 0 aliphatic heterocycles. The molecular formula is C76H51N3SSi2. The van der Waals surface area contributed by atoms with Crippen LogP contribution < -0.4 is 41.5 Å². The molecule has 0 aliphatic carbocycles. The summed E-state index contributed by atoms with van der Waals surface area (Å²) < 4.78 is 4.79. The Bertz CT molecular complexity index is 4960. The lowest BCUT2D eigenvalue weighted by atomic mass is 9.94. The first-order valence-electron chi connectivity index (χ1n) is 28.1. The molecule has 0 fully saturated rings. The van der Waals surface area contributed by atoms with Gasteiger partial charge in [-0.25, -0.2) is 9.97 Å². The molecule has 0 radical (unpaired) electrons. The van der Waals surface area contributed by atoms with Gasteiger partial charge in [0.1, 0.15) is 6.33 Å². The molecule has 0 saturated carbocycles. The minimum absolute atomic E-state index is 0.967. The Hall–Kier alpha value is -9.83. The normalized spacial score (nSPS) is 12.1. The molecule has 0 aliphatic rings. The summed E-state index contributed by atoms with van der Waals surface area (Å²) in [4.78, 5) is 9.88. The summed E-state index contributed by atoms with van der Waals surface area (Å²) in [5.41, 5.74) is 6.64. The monoisotopic (exact) mass is 1090 g/mol. The highest BCUT2D eigenvalue weighted by Gasteiger charge is 2.44. The van der Waals surface area contributed by atoms with E-state index in [4.69, 9.17) is 9.97 Å². The van der Waals surface area contributed by atoms with Crippen molar-refractivity contribution in [2.45, 2.75) is 0 Å². The van der Waals surface area contributed by atoms with Gasteiger partial charge >= 0.3 is 0 Å². The van der Waals surface area contributed by atoms with Crippen molar-refractivity contribution in [2.75, 3.05) is 0 Å². The van der Waals surface area contributed by atoms with Crippen LogP contribution in [-0.2, 0) is 0 Å². The standard InChI is InChI=1S/C76H51N3SSi2/c1-5-25-54(26-6-1)81(55-27-7-2-8-28-55,58-33-21-23-52(47-58)74-76-75(78-51-77-74)68-39-17-20-42-73(68)80-76)60-43-45-64-65-46-44-61(50-70(65)63-36-14-13-35-62(63)69(64)49-60)82(56-29-9-3-10-30-56,57-31-11-4-12-32-57)59-34-22-24-53(48-59)79-71-40-18-15-37-66(71)67-38-16-19-41-72(67)79/h1-51H. The number of fused-ring (bicyclic) bond motifs is 12. The molecule has 82 heavy (non-hydrogen) atoms. The highest BCUT2D eigenvalue weighted by atomic mass is 32.1. The Kier molecular flexibility index (Phi) is 11.4. The molecule has 0 N–H and O–H groups in total. The Morgan fingerprint density at radius 2 is 0.683 bits per heavy atom. The van der Waals surface area contributed by atoms with Crippen LogP contribution in [0.1, 0.15) is 0 Å². The second kappa shape index (κ2) is 19.5. The van der Waals surface area contributed by atoms with Crippen LogP contribution in [0.4, 0.5) is 0 Å². The fourth-order valence-electron chi connectivity index (χ4n) is 13.9. The maximum atomic E-state index is 5.04. The number of hydrogen-bond donors (Lipinski definition) is 0. The third-order valence-corrected chi connectivity index (χ3v) is 28.0. The van der Waals surface area contributed by atoms with E-state index in [1.54, 1.807) is 17.7 Å². The zero-order valence-electron chi connectivity index (χ0n) is 44.7. The summed E-state index contributed by atoms with van der Waals surface area (Å²) in [5.74, 6) is 0. The zero-order valence-corrected chi connectivity index (χ0v) is 47.5. The summed E-state index contributed by atoms with van der Waals surface area (Å²) in [5, 5.41) is 21.8. The first-order chi connectivity index (χ1) is 40.7. The molecule has 3 heterocycles. The summed E-state index contributed by atoms with van der Waals surface area (Å²) in [6.45, 7) is 0. The van der Waals surface area contributed by atoms with Crippen molar-refractivity contribution in [1.82, 2.24) is 14.5 Å². The van der Waals surface area contributed by atoms with Crippen molar-refractivity contribution in [2.24, 2.45) is 0 Å². The Balaban J connectivity index is 0.935. The van der Waals surface area contributed by atoms with Gasteiger partial charge in [-0.15, -0.1) is 11.3 Å². The predicted octanol–water partition coefficient (Wildman–Crippen LogP) is 13.8. The minimum atomic E-state index is -3.07. The van der Waals surface area contributed by atoms with Crippen molar-refractivity contribution >= 4 is 143 Å². The molecular weight excluding hydrogens is 1040 g/mol. The van der Waals surface area contributed by atoms with E-state index in [1.165, 1.54) is 106 Å². The Labute approximate surface area is 481 Å². The Morgan fingerprint density at radius 1 is 0.280 bits per heavy atom. The fourth-order valence-corrected chi connectivity index (χ4v) is 24.6. The number of benzene rings is 13. The number of rotatable bonds is 10. The molecule has 384 valence electrons. The first-order valence-corrected chi connectivity index (χ1v) is 32.9. The van der Waals surface area contributed by atoms with Crippen LogP contribution in [0.2, 0.25) is 0 Å². The molecule has 6 heteroatoms. The van der Waals surface area contributed by atoms with Gasteiger partial charge in [0.15, 0.2) is 16.1 Å². The molecule has 0 bridgehead atoms. The SMILES string of the molecule is c1ccc([Si](c2ccccc2)(c2cccc(-c3ncnc4c3sc3ccccc34)c2)c2ccc3c4ccc([Si](c5ccccc5)(c5ccccc5)c5cccc(-n6c7ccccc7c7ccccc76)c5)cc4c4ccccc4c3c2)cc1.